The summed E-state index contributed by atoms with van der Waals surface area (Å²) in [6.07, 6.45) is 7.45. The first kappa shape index (κ1) is 22.5. The number of nitrogens with zero attached hydrogens (tertiary/aromatic N) is 4. The Labute approximate surface area is 193 Å². The zero-order valence-electron chi connectivity index (χ0n) is 19.0. The first-order valence-electron chi connectivity index (χ1n) is 11.3. The fourth-order valence-electron chi connectivity index (χ4n) is 3.35. The van der Waals surface area contributed by atoms with Crippen LogP contribution in [0.15, 0.2) is 57.4 Å². The molecule has 4 aromatic rings. The largest absolute Gasteiger partial charge is 0.497 e. The van der Waals surface area contributed by atoms with E-state index in [1.165, 1.54) is 32.1 Å². The molecule has 0 unspecified atom stereocenters. The Morgan fingerprint density at radius 2 is 1.09 bits per heavy atom. The first-order valence-corrected chi connectivity index (χ1v) is 11.3. The minimum absolute atomic E-state index is 0.165. The SMILES string of the molecule is CCCCCCCCOc1ccc(-c2nnc(-c3nnc(-c4ccc(OC)cc4)o3)o2)cc1. The van der Waals surface area contributed by atoms with Crippen molar-refractivity contribution in [2.45, 2.75) is 45.4 Å². The molecule has 0 atom stereocenters. The molecule has 0 aliphatic rings. The Morgan fingerprint density at radius 3 is 1.64 bits per heavy atom. The molecule has 4 rings (SSSR count). The maximum Gasteiger partial charge on any atom is 0.306 e. The molecule has 33 heavy (non-hydrogen) atoms. The van der Waals surface area contributed by atoms with Crippen molar-refractivity contribution < 1.29 is 18.3 Å². The quantitative estimate of drug-likeness (QED) is 0.236. The van der Waals surface area contributed by atoms with E-state index in [0.29, 0.717) is 11.8 Å². The number of rotatable bonds is 12. The number of methoxy groups -OCH3 is 1. The van der Waals surface area contributed by atoms with Gasteiger partial charge in [0.15, 0.2) is 0 Å². The molecule has 2 aromatic carbocycles. The van der Waals surface area contributed by atoms with Crippen molar-refractivity contribution in [2.24, 2.45) is 0 Å². The van der Waals surface area contributed by atoms with E-state index in [0.717, 1.165) is 35.7 Å². The van der Waals surface area contributed by atoms with Gasteiger partial charge in [-0.1, -0.05) is 39.0 Å². The summed E-state index contributed by atoms with van der Waals surface area (Å²) in [5, 5.41) is 16.2. The molecular formula is C25H28N4O4. The average Bonchev–Trinajstić information content (AvgIpc) is 3.54. The number of hydrogen-bond acceptors (Lipinski definition) is 8. The van der Waals surface area contributed by atoms with Crippen LogP contribution in [0, 0.1) is 0 Å². The second kappa shape index (κ2) is 11.3. The van der Waals surface area contributed by atoms with Gasteiger partial charge in [0, 0.05) is 11.1 Å². The van der Waals surface area contributed by atoms with Gasteiger partial charge in [0.05, 0.1) is 13.7 Å². The summed E-state index contributed by atoms with van der Waals surface area (Å²) in [7, 11) is 1.62. The highest BCUT2D eigenvalue weighted by atomic mass is 16.5. The normalized spacial score (nSPS) is 11.0. The molecular weight excluding hydrogens is 420 g/mol. The second-order valence-electron chi connectivity index (χ2n) is 7.69. The zero-order valence-corrected chi connectivity index (χ0v) is 19.0. The van der Waals surface area contributed by atoms with Gasteiger partial charge in [-0.05, 0) is 55.0 Å². The van der Waals surface area contributed by atoms with Gasteiger partial charge < -0.3 is 18.3 Å². The summed E-state index contributed by atoms with van der Waals surface area (Å²) in [4.78, 5) is 0. The van der Waals surface area contributed by atoms with Crippen LogP contribution in [-0.2, 0) is 0 Å². The highest BCUT2D eigenvalue weighted by molar-refractivity contribution is 5.57. The van der Waals surface area contributed by atoms with Crippen LogP contribution < -0.4 is 9.47 Å². The Bertz CT molecular complexity index is 1120. The van der Waals surface area contributed by atoms with Crippen molar-refractivity contribution in [2.75, 3.05) is 13.7 Å². The van der Waals surface area contributed by atoms with Crippen LogP contribution in [0.5, 0.6) is 11.5 Å². The summed E-state index contributed by atoms with van der Waals surface area (Å²) in [5.74, 6) is 2.64. The molecule has 0 saturated heterocycles. The van der Waals surface area contributed by atoms with Crippen LogP contribution in [0.4, 0.5) is 0 Å². The molecule has 0 radical (unpaired) electrons. The molecule has 0 fully saturated rings. The summed E-state index contributed by atoms with van der Waals surface area (Å²) in [6, 6.07) is 14.9. The van der Waals surface area contributed by atoms with E-state index >= 15 is 0 Å². The third kappa shape index (κ3) is 5.97. The molecule has 0 saturated carbocycles. The van der Waals surface area contributed by atoms with Gasteiger partial charge in [-0.15, -0.1) is 20.4 Å². The van der Waals surface area contributed by atoms with Crippen LogP contribution in [0.1, 0.15) is 45.4 Å². The maximum atomic E-state index is 5.83. The monoisotopic (exact) mass is 448 g/mol. The summed E-state index contributed by atoms with van der Waals surface area (Å²) in [6.45, 7) is 2.95. The van der Waals surface area contributed by atoms with E-state index in [9.17, 15) is 0 Å². The summed E-state index contributed by atoms with van der Waals surface area (Å²) < 4.78 is 22.4. The lowest BCUT2D eigenvalue weighted by Gasteiger charge is -2.06. The van der Waals surface area contributed by atoms with Crippen molar-refractivity contribution in [1.82, 2.24) is 20.4 Å². The third-order valence-electron chi connectivity index (χ3n) is 5.24. The number of unbranched alkanes of at least 4 members (excludes halogenated alkanes) is 5. The number of ether oxygens (including phenoxy) is 2. The third-order valence-corrected chi connectivity index (χ3v) is 5.24. The van der Waals surface area contributed by atoms with Crippen molar-refractivity contribution >= 4 is 0 Å². The van der Waals surface area contributed by atoms with Crippen LogP contribution >= 0.6 is 0 Å². The zero-order chi connectivity index (χ0) is 22.9. The van der Waals surface area contributed by atoms with Crippen molar-refractivity contribution in [3.8, 4) is 46.2 Å². The van der Waals surface area contributed by atoms with Gasteiger partial charge in [-0.25, -0.2) is 0 Å². The predicted octanol–water partition coefficient (Wildman–Crippen LogP) is 6.20. The smallest absolute Gasteiger partial charge is 0.306 e. The lowest BCUT2D eigenvalue weighted by Crippen LogP contribution is -1.97. The fraction of sp³-hybridized carbons (Fsp3) is 0.360. The molecule has 172 valence electrons. The summed E-state index contributed by atoms with van der Waals surface area (Å²) >= 11 is 0. The van der Waals surface area contributed by atoms with Crippen molar-refractivity contribution in [3.05, 3.63) is 48.5 Å². The van der Waals surface area contributed by atoms with E-state index < -0.39 is 0 Å². The average molecular weight is 449 g/mol. The molecule has 2 aromatic heterocycles. The number of benzene rings is 2. The molecule has 0 N–H and O–H groups in total. The molecule has 0 spiro atoms. The second-order valence-corrected chi connectivity index (χ2v) is 7.69. The van der Waals surface area contributed by atoms with Crippen molar-refractivity contribution in [3.63, 3.8) is 0 Å². The molecule has 0 amide bonds. The summed E-state index contributed by atoms with van der Waals surface area (Å²) in [5.41, 5.74) is 1.56. The van der Waals surface area contributed by atoms with Crippen molar-refractivity contribution in [1.29, 1.82) is 0 Å². The van der Waals surface area contributed by atoms with Gasteiger partial charge in [-0.3, -0.25) is 0 Å². The number of aromatic nitrogens is 4. The maximum absolute atomic E-state index is 5.83. The topological polar surface area (TPSA) is 96.3 Å². The molecule has 0 bridgehead atoms. The number of hydrogen-bond donors (Lipinski definition) is 0. The van der Waals surface area contributed by atoms with E-state index in [-0.39, 0.29) is 11.8 Å². The van der Waals surface area contributed by atoms with Gasteiger partial charge >= 0.3 is 11.8 Å². The highest BCUT2D eigenvalue weighted by Crippen LogP contribution is 2.27. The van der Waals surface area contributed by atoms with Gasteiger partial charge in [0.1, 0.15) is 11.5 Å². The molecule has 8 nitrogen and oxygen atoms in total. The van der Waals surface area contributed by atoms with Gasteiger partial charge in [-0.2, -0.15) is 0 Å². The van der Waals surface area contributed by atoms with E-state index in [1.54, 1.807) is 7.11 Å². The molecule has 0 aliphatic heterocycles. The van der Waals surface area contributed by atoms with Crippen LogP contribution in [0.25, 0.3) is 34.7 Å². The minimum Gasteiger partial charge on any atom is -0.497 e. The molecule has 0 aliphatic carbocycles. The van der Waals surface area contributed by atoms with Gasteiger partial charge in [0.25, 0.3) is 0 Å². The first-order chi connectivity index (χ1) is 16.3. The van der Waals surface area contributed by atoms with Crippen LogP contribution in [-0.4, -0.2) is 34.1 Å². The van der Waals surface area contributed by atoms with Gasteiger partial charge in [0.2, 0.25) is 11.8 Å². The fourth-order valence-corrected chi connectivity index (χ4v) is 3.35. The standard InChI is InChI=1S/C25H28N4O4/c1-3-4-5-6-7-8-17-31-21-15-11-19(12-16-21)23-27-29-25(33-23)24-28-26-22(32-24)18-9-13-20(30-2)14-10-18/h9-16H,3-8,17H2,1-2H3. The molecule has 8 heteroatoms. The van der Waals surface area contributed by atoms with E-state index in [2.05, 4.69) is 27.3 Å². The Kier molecular flexibility index (Phi) is 7.68. The Morgan fingerprint density at radius 1 is 0.606 bits per heavy atom. The van der Waals surface area contributed by atoms with E-state index in [1.807, 2.05) is 48.5 Å². The lowest BCUT2D eigenvalue weighted by atomic mass is 10.1. The molecule has 2 heterocycles. The Hall–Kier alpha value is -3.68. The van der Waals surface area contributed by atoms with Crippen LogP contribution in [0.3, 0.4) is 0 Å². The van der Waals surface area contributed by atoms with E-state index in [4.69, 9.17) is 18.3 Å². The Balaban J connectivity index is 1.33. The predicted molar refractivity (Wildman–Crippen MR) is 124 cm³/mol. The lowest BCUT2D eigenvalue weighted by molar-refractivity contribution is 0.304. The highest BCUT2D eigenvalue weighted by Gasteiger charge is 2.17. The van der Waals surface area contributed by atoms with Crippen LogP contribution in [0.2, 0.25) is 0 Å². The minimum atomic E-state index is 0.165.